The Morgan fingerprint density at radius 3 is 2.40 bits per heavy atom. The molecule has 0 amide bonds. The van der Waals surface area contributed by atoms with Crippen molar-refractivity contribution in [1.82, 2.24) is 0 Å². The van der Waals surface area contributed by atoms with Crippen molar-refractivity contribution >= 4 is 46.5 Å². The van der Waals surface area contributed by atoms with Crippen molar-refractivity contribution in [2.75, 3.05) is 5.73 Å². The smallest absolute Gasteiger partial charge is 0.342 e. The highest BCUT2D eigenvalue weighted by Crippen LogP contribution is 2.27. The Kier molecular flexibility index (Phi) is 4.76. The van der Waals surface area contributed by atoms with Crippen molar-refractivity contribution in [3.63, 3.8) is 0 Å². The summed E-state index contributed by atoms with van der Waals surface area (Å²) in [5, 5.41) is 0.999. The monoisotopic (exact) mass is 329 g/mol. The summed E-state index contributed by atoms with van der Waals surface area (Å²) in [6.45, 7) is -0.0110. The van der Waals surface area contributed by atoms with Gasteiger partial charge in [0.05, 0.1) is 15.1 Å². The number of benzene rings is 2. The summed E-state index contributed by atoms with van der Waals surface area (Å²) < 4.78 is 5.17. The number of nitrogens with two attached hydrogens (primary N) is 1. The molecule has 0 atom stereocenters. The molecule has 20 heavy (non-hydrogen) atoms. The summed E-state index contributed by atoms with van der Waals surface area (Å²) in [6, 6.07) is 9.90. The van der Waals surface area contributed by atoms with E-state index >= 15 is 0 Å². The zero-order valence-corrected chi connectivity index (χ0v) is 12.5. The van der Waals surface area contributed by atoms with Crippen LogP contribution in [0.2, 0.25) is 15.1 Å². The molecule has 0 aliphatic rings. The third-order valence-corrected chi connectivity index (χ3v) is 3.81. The lowest BCUT2D eigenvalue weighted by molar-refractivity contribution is 0.0474. The SMILES string of the molecule is Nc1cccc(Cl)c1C(=O)OCc1cccc(Cl)c1Cl. The molecule has 0 radical (unpaired) electrons. The molecule has 0 fully saturated rings. The van der Waals surface area contributed by atoms with Crippen LogP contribution in [-0.4, -0.2) is 5.97 Å². The molecule has 0 spiro atoms. The number of esters is 1. The molecular formula is C14H10Cl3NO2. The summed E-state index contributed by atoms with van der Waals surface area (Å²) in [4.78, 5) is 12.0. The van der Waals surface area contributed by atoms with E-state index in [1.807, 2.05) is 0 Å². The van der Waals surface area contributed by atoms with Crippen LogP contribution in [0.5, 0.6) is 0 Å². The number of ether oxygens (including phenoxy) is 1. The molecule has 2 N–H and O–H groups in total. The second-order valence-electron chi connectivity index (χ2n) is 3.99. The molecule has 104 valence electrons. The van der Waals surface area contributed by atoms with E-state index in [9.17, 15) is 4.79 Å². The highest BCUT2D eigenvalue weighted by atomic mass is 35.5. The standard InChI is InChI=1S/C14H10Cl3NO2/c15-9-4-2-6-11(18)12(9)14(19)20-7-8-3-1-5-10(16)13(8)17/h1-6H,7,18H2. The fourth-order valence-corrected chi connectivity index (χ4v) is 2.27. The van der Waals surface area contributed by atoms with Crippen molar-refractivity contribution < 1.29 is 9.53 Å². The first-order chi connectivity index (χ1) is 9.50. The number of hydrogen-bond acceptors (Lipinski definition) is 3. The van der Waals surface area contributed by atoms with E-state index in [4.69, 9.17) is 45.3 Å². The van der Waals surface area contributed by atoms with Gasteiger partial charge in [-0.15, -0.1) is 0 Å². The van der Waals surface area contributed by atoms with Crippen molar-refractivity contribution in [2.45, 2.75) is 6.61 Å². The summed E-state index contributed by atoms with van der Waals surface area (Å²) in [5.41, 5.74) is 6.73. The lowest BCUT2D eigenvalue weighted by atomic mass is 10.2. The molecule has 2 aromatic carbocycles. The topological polar surface area (TPSA) is 52.3 Å². The molecule has 0 saturated carbocycles. The van der Waals surface area contributed by atoms with Gasteiger partial charge in [-0.2, -0.15) is 0 Å². The molecule has 0 aliphatic heterocycles. The molecule has 0 heterocycles. The predicted molar refractivity (Wildman–Crippen MR) is 81.4 cm³/mol. The van der Waals surface area contributed by atoms with Crippen LogP contribution in [0.15, 0.2) is 36.4 Å². The molecule has 6 heteroatoms. The number of halogens is 3. The number of rotatable bonds is 3. The Morgan fingerprint density at radius 1 is 1.05 bits per heavy atom. The second-order valence-corrected chi connectivity index (χ2v) is 5.19. The Balaban J connectivity index is 2.15. The maximum absolute atomic E-state index is 12.0. The molecule has 0 bridgehead atoms. The first kappa shape index (κ1) is 15.0. The van der Waals surface area contributed by atoms with Gasteiger partial charge >= 0.3 is 5.97 Å². The summed E-state index contributed by atoms with van der Waals surface area (Å²) in [7, 11) is 0. The van der Waals surface area contributed by atoms with Crippen LogP contribution < -0.4 is 5.73 Å². The normalized spacial score (nSPS) is 10.3. The Morgan fingerprint density at radius 2 is 1.70 bits per heavy atom. The van der Waals surface area contributed by atoms with Gasteiger partial charge in [-0.25, -0.2) is 4.79 Å². The van der Waals surface area contributed by atoms with E-state index in [1.54, 1.807) is 36.4 Å². The minimum Gasteiger partial charge on any atom is -0.457 e. The van der Waals surface area contributed by atoms with E-state index in [0.717, 1.165) is 0 Å². The zero-order chi connectivity index (χ0) is 14.7. The van der Waals surface area contributed by atoms with Gasteiger partial charge in [0.25, 0.3) is 0 Å². The molecule has 0 unspecified atom stereocenters. The van der Waals surface area contributed by atoms with E-state index < -0.39 is 5.97 Å². The molecule has 3 nitrogen and oxygen atoms in total. The third kappa shape index (κ3) is 3.18. The quantitative estimate of drug-likeness (QED) is 0.661. The Hall–Kier alpha value is -1.42. The molecule has 0 aromatic heterocycles. The number of carbonyl (C=O) groups is 1. The van der Waals surface area contributed by atoms with Gasteiger partial charge < -0.3 is 10.5 Å². The first-order valence-corrected chi connectivity index (χ1v) is 6.78. The van der Waals surface area contributed by atoms with Crippen LogP contribution in [0.4, 0.5) is 5.69 Å². The van der Waals surface area contributed by atoms with E-state index in [2.05, 4.69) is 0 Å². The van der Waals surface area contributed by atoms with Crippen LogP contribution in [0, 0.1) is 0 Å². The first-order valence-electron chi connectivity index (χ1n) is 5.64. The van der Waals surface area contributed by atoms with Gasteiger partial charge in [0.2, 0.25) is 0 Å². The minimum absolute atomic E-state index is 0.0110. The summed E-state index contributed by atoms with van der Waals surface area (Å²) >= 11 is 17.8. The number of hydrogen-bond donors (Lipinski definition) is 1. The molecule has 2 aromatic rings. The summed E-state index contributed by atoms with van der Waals surface area (Å²) in [5.74, 6) is -0.607. The van der Waals surface area contributed by atoms with Gasteiger partial charge in [0.15, 0.2) is 0 Å². The molecular weight excluding hydrogens is 321 g/mol. The van der Waals surface area contributed by atoms with Crippen molar-refractivity contribution in [1.29, 1.82) is 0 Å². The molecule has 0 saturated heterocycles. The number of anilines is 1. The van der Waals surface area contributed by atoms with Gasteiger partial charge in [0, 0.05) is 11.3 Å². The van der Waals surface area contributed by atoms with Gasteiger partial charge in [-0.05, 0) is 18.2 Å². The Labute approximate surface area is 131 Å². The fourth-order valence-electron chi connectivity index (χ4n) is 1.63. The van der Waals surface area contributed by atoms with Crippen molar-refractivity contribution in [2.24, 2.45) is 0 Å². The molecule has 0 aliphatic carbocycles. The highest BCUT2D eigenvalue weighted by molar-refractivity contribution is 6.42. The number of carbonyl (C=O) groups excluding carboxylic acids is 1. The van der Waals surface area contributed by atoms with Crippen LogP contribution in [0.3, 0.4) is 0 Å². The van der Waals surface area contributed by atoms with Crippen LogP contribution in [0.25, 0.3) is 0 Å². The molecule has 2 rings (SSSR count). The maximum atomic E-state index is 12.0. The lowest BCUT2D eigenvalue weighted by Gasteiger charge is -2.10. The minimum atomic E-state index is -0.607. The van der Waals surface area contributed by atoms with E-state index in [0.29, 0.717) is 15.6 Å². The van der Waals surface area contributed by atoms with Crippen molar-refractivity contribution in [3.8, 4) is 0 Å². The fraction of sp³-hybridized carbons (Fsp3) is 0.0714. The van der Waals surface area contributed by atoms with Gasteiger partial charge in [-0.1, -0.05) is 53.0 Å². The van der Waals surface area contributed by atoms with Crippen molar-refractivity contribution in [3.05, 3.63) is 62.6 Å². The third-order valence-electron chi connectivity index (χ3n) is 2.64. The van der Waals surface area contributed by atoms with Gasteiger partial charge in [-0.3, -0.25) is 0 Å². The zero-order valence-electron chi connectivity index (χ0n) is 10.2. The van der Waals surface area contributed by atoms with Crippen LogP contribution in [-0.2, 0) is 11.3 Å². The highest BCUT2D eigenvalue weighted by Gasteiger charge is 2.16. The Bertz CT molecular complexity index is 639. The summed E-state index contributed by atoms with van der Waals surface area (Å²) in [6.07, 6.45) is 0. The van der Waals surface area contributed by atoms with E-state index in [-0.39, 0.29) is 22.9 Å². The predicted octanol–water partition coefficient (Wildman–Crippen LogP) is 4.59. The van der Waals surface area contributed by atoms with Crippen LogP contribution in [0.1, 0.15) is 15.9 Å². The number of nitrogen functional groups attached to an aromatic ring is 1. The second kappa shape index (κ2) is 6.35. The maximum Gasteiger partial charge on any atom is 0.342 e. The lowest BCUT2D eigenvalue weighted by Crippen LogP contribution is -2.09. The average molecular weight is 331 g/mol. The van der Waals surface area contributed by atoms with Gasteiger partial charge in [0.1, 0.15) is 12.2 Å². The van der Waals surface area contributed by atoms with E-state index in [1.165, 1.54) is 0 Å². The van der Waals surface area contributed by atoms with Crippen LogP contribution >= 0.6 is 34.8 Å². The largest absolute Gasteiger partial charge is 0.457 e. The average Bonchev–Trinajstić information content (AvgIpc) is 2.40.